The first kappa shape index (κ1) is 22.7. The van der Waals surface area contributed by atoms with E-state index < -0.39 is 5.82 Å². The van der Waals surface area contributed by atoms with Crippen molar-refractivity contribution in [1.29, 1.82) is 0 Å². The van der Waals surface area contributed by atoms with E-state index in [2.05, 4.69) is 10.3 Å². The highest BCUT2D eigenvalue weighted by Gasteiger charge is 2.12. The minimum absolute atomic E-state index is 0. The third-order valence-corrected chi connectivity index (χ3v) is 4.66. The molecule has 3 rings (SSSR count). The molecule has 0 aliphatic carbocycles. The van der Waals surface area contributed by atoms with E-state index in [0.717, 1.165) is 34.9 Å². The number of ether oxygens (including phenoxy) is 1. The summed E-state index contributed by atoms with van der Waals surface area (Å²) >= 11 is 0. The van der Waals surface area contributed by atoms with Gasteiger partial charge in [0.05, 0.1) is 7.11 Å². The van der Waals surface area contributed by atoms with E-state index in [-0.39, 0.29) is 31.5 Å². The molecule has 1 heterocycles. The second-order valence-electron chi connectivity index (χ2n) is 6.74. The predicted molar refractivity (Wildman–Crippen MR) is 110 cm³/mol. The summed E-state index contributed by atoms with van der Waals surface area (Å²) in [5, 5.41) is 3.75. The maximum atomic E-state index is 13.6. The summed E-state index contributed by atoms with van der Waals surface area (Å²) < 4.78 is 18.7. The summed E-state index contributed by atoms with van der Waals surface area (Å²) in [6, 6.07) is 12.2. The van der Waals surface area contributed by atoms with Gasteiger partial charge in [-0.25, -0.2) is 4.39 Å². The number of hydrogen-bond acceptors (Lipinski definition) is 4. The number of benzene rings is 2. The van der Waals surface area contributed by atoms with Gasteiger partial charge in [-0.2, -0.15) is 0 Å². The van der Waals surface area contributed by atoms with Gasteiger partial charge < -0.3 is 38.9 Å². The molecule has 6 nitrogen and oxygen atoms in total. The zero-order chi connectivity index (χ0) is 20.1. The summed E-state index contributed by atoms with van der Waals surface area (Å²) in [5.74, 6) is -0.421. The van der Waals surface area contributed by atoms with Crippen LogP contribution >= 0.6 is 0 Å². The molecular formula is C21H26ClFN4O2. The van der Waals surface area contributed by atoms with Gasteiger partial charge >= 0.3 is 1.43 Å². The lowest BCUT2D eigenvalue weighted by molar-refractivity contribution is -0.0000148. The van der Waals surface area contributed by atoms with Crippen molar-refractivity contribution in [2.75, 3.05) is 20.2 Å². The minimum atomic E-state index is -0.407. The zero-order valence-corrected chi connectivity index (χ0v) is 16.9. The van der Waals surface area contributed by atoms with Crippen LogP contribution in [0.25, 0.3) is 22.0 Å². The van der Waals surface area contributed by atoms with Crippen molar-refractivity contribution >= 4 is 16.8 Å². The standard InChI is InChI=1S/C21H25FN4O2.ClH/c1-28-20-11-14(6-7-17(20)22)13-4-5-15-10-19(26-18(15)9-13)21(27)25-12-16(24)3-2-8-23;/h4-7,9-11,16,26H,2-3,8,12,23-24H2,1H3,(H,25,27);1H/t16-;/m0./s1. The van der Waals surface area contributed by atoms with Gasteiger partial charge in [0.25, 0.3) is 5.91 Å². The molecule has 0 fully saturated rings. The summed E-state index contributed by atoms with van der Waals surface area (Å²) in [6.45, 7) is 0.987. The molecule has 1 atom stereocenters. The highest BCUT2D eigenvalue weighted by atomic mass is 35.5. The minimum Gasteiger partial charge on any atom is -1.00 e. The molecule has 8 heteroatoms. The number of aromatic amines is 1. The molecule has 0 spiro atoms. The van der Waals surface area contributed by atoms with Crippen molar-refractivity contribution in [1.82, 2.24) is 10.3 Å². The number of nitrogens with two attached hydrogens (primary N) is 2. The number of carbonyl (C=O) groups excluding carboxylic acids is 1. The molecule has 6 N–H and O–H groups in total. The van der Waals surface area contributed by atoms with Crippen molar-refractivity contribution in [3.8, 4) is 16.9 Å². The van der Waals surface area contributed by atoms with Crippen LogP contribution in [0.5, 0.6) is 5.75 Å². The van der Waals surface area contributed by atoms with E-state index in [4.69, 9.17) is 16.2 Å². The van der Waals surface area contributed by atoms with Crippen LogP contribution in [-0.4, -0.2) is 37.1 Å². The lowest BCUT2D eigenvalue weighted by Crippen LogP contribution is -3.00. The Bertz CT molecular complexity index is 983. The van der Waals surface area contributed by atoms with Crippen LogP contribution < -0.4 is 33.9 Å². The van der Waals surface area contributed by atoms with E-state index in [9.17, 15) is 9.18 Å². The summed E-state index contributed by atoms with van der Waals surface area (Å²) in [4.78, 5) is 15.5. The van der Waals surface area contributed by atoms with Crippen molar-refractivity contribution in [3.63, 3.8) is 0 Å². The molecule has 29 heavy (non-hydrogen) atoms. The van der Waals surface area contributed by atoms with Gasteiger partial charge in [-0.15, -0.1) is 0 Å². The maximum Gasteiger partial charge on any atom is 1.00 e. The van der Waals surface area contributed by atoms with Crippen LogP contribution in [0.4, 0.5) is 4.39 Å². The van der Waals surface area contributed by atoms with E-state index >= 15 is 0 Å². The van der Waals surface area contributed by atoms with Crippen LogP contribution in [0.3, 0.4) is 0 Å². The highest BCUT2D eigenvalue weighted by Crippen LogP contribution is 2.29. The third-order valence-electron chi connectivity index (χ3n) is 4.66. The normalized spacial score (nSPS) is 11.7. The van der Waals surface area contributed by atoms with Crippen LogP contribution in [0, 0.1) is 5.82 Å². The first-order chi connectivity index (χ1) is 13.5. The van der Waals surface area contributed by atoms with E-state index in [1.165, 1.54) is 13.2 Å². The Labute approximate surface area is 176 Å². The summed E-state index contributed by atoms with van der Waals surface area (Å²) in [6.07, 6.45) is 1.61. The quantitative estimate of drug-likeness (QED) is 0.408. The number of halogens is 2. The third kappa shape index (κ3) is 5.47. The monoisotopic (exact) mass is 420 g/mol. The first-order valence-electron chi connectivity index (χ1n) is 9.22. The van der Waals surface area contributed by atoms with E-state index in [0.29, 0.717) is 18.8 Å². The van der Waals surface area contributed by atoms with Gasteiger partial charge in [0, 0.05) is 23.5 Å². The van der Waals surface area contributed by atoms with Gasteiger partial charge in [0.1, 0.15) is 5.69 Å². The Morgan fingerprint density at radius 3 is 2.69 bits per heavy atom. The molecular weight excluding hydrogens is 395 g/mol. The van der Waals surface area contributed by atoms with Gasteiger partial charge in [0.2, 0.25) is 0 Å². The maximum absolute atomic E-state index is 13.6. The van der Waals surface area contributed by atoms with Gasteiger partial charge in [-0.05, 0) is 54.8 Å². The number of H-pyrrole nitrogens is 1. The molecule has 0 aliphatic heterocycles. The van der Waals surface area contributed by atoms with Gasteiger partial charge in [-0.1, -0.05) is 18.2 Å². The van der Waals surface area contributed by atoms with Crippen LogP contribution in [0.1, 0.15) is 24.8 Å². The number of methoxy groups -OCH3 is 1. The number of rotatable bonds is 8. The molecule has 0 unspecified atom stereocenters. The average Bonchev–Trinajstić information content (AvgIpc) is 3.14. The largest absolute Gasteiger partial charge is 1.00 e. The molecule has 1 aromatic heterocycles. The predicted octanol–water partition coefficient (Wildman–Crippen LogP) is -0.105. The number of amides is 1. The highest BCUT2D eigenvalue weighted by molar-refractivity contribution is 5.98. The number of carbonyl (C=O) groups is 1. The number of fused-ring (bicyclic) bond motifs is 1. The molecule has 3 aromatic rings. The Hall–Kier alpha value is -2.61. The molecule has 0 saturated carbocycles. The second kappa shape index (κ2) is 10.2. The lowest BCUT2D eigenvalue weighted by atomic mass is 10.0. The van der Waals surface area contributed by atoms with Crippen molar-refractivity contribution < 1.29 is 27.8 Å². The molecule has 0 saturated heterocycles. The fraction of sp³-hybridized carbons (Fsp3) is 0.286. The molecule has 1 amide bonds. The number of hydrogen-bond donors (Lipinski definition) is 4. The number of aromatic nitrogens is 1. The Morgan fingerprint density at radius 1 is 1.24 bits per heavy atom. The zero-order valence-electron chi connectivity index (χ0n) is 17.2. The van der Waals surface area contributed by atoms with Crippen molar-refractivity contribution in [2.24, 2.45) is 11.5 Å². The topological polar surface area (TPSA) is 106 Å². The molecule has 2 aromatic carbocycles. The Morgan fingerprint density at radius 2 is 1.97 bits per heavy atom. The fourth-order valence-corrected chi connectivity index (χ4v) is 3.07. The van der Waals surface area contributed by atoms with Crippen LogP contribution in [0.2, 0.25) is 0 Å². The first-order valence-corrected chi connectivity index (χ1v) is 9.22. The average molecular weight is 421 g/mol. The molecule has 0 bridgehead atoms. The Kier molecular flexibility index (Phi) is 8.01. The van der Waals surface area contributed by atoms with Crippen molar-refractivity contribution in [2.45, 2.75) is 18.9 Å². The lowest BCUT2D eigenvalue weighted by Gasteiger charge is -2.11. The Balaban J connectivity index is 0.00000225. The summed E-state index contributed by atoms with van der Waals surface area (Å²) in [7, 11) is 1.43. The van der Waals surface area contributed by atoms with Gasteiger partial charge in [-0.3, -0.25) is 4.79 Å². The smallest absolute Gasteiger partial charge is 1.00 e. The summed E-state index contributed by atoms with van der Waals surface area (Å²) in [5.41, 5.74) is 14.4. The van der Waals surface area contributed by atoms with Crippen LogP contribution in [0.15, 0.2) is 42.5 Å². The number of nitrogens with one attached hydrogen (secondary N) is 2. The fourth-order valence-electron chi connectivity index (χ4n) is 3.07. The second-order valence-corrected chi connectivity index (χ2v) is 6.74. The molecule has 0 aliphatic rings. The molecule has 0 radical (unpaired) electrons. The van der Waals surface area contributed by atoms with Crippen molar-refractivity contribution in [3.05, 3.63) is 54.0 Å². The van der Waals surface area contributed by atoms with Crippen LogP contribution in [-0.2, 0) is 0 Å². The molecule has 156 valence electrons. The van der Waals surface area contributed by atoms with E-state index in [1.54, 1.807) is 18.2 Å². The SMILES string of the molecule is COc1cc(-c2ccc3cc(C(=O)NC[C@@H](N)CCCN)[nH]c3c2)ccc1F.[Cl-].[H+]. The van der Waals surface area contributed by atoms with E-state index in [1.807, 2.05) is 18.2 Å². The van der Waals surface area contributed by atoms with Gasteiger partial charge in [0.15, 0.2) is 11.6 Å².